The first-order chi connectivity index (χ1) is 7.72. The molecule has 0 aliphatic carbocycles. The van der Waals surface area contributed by atoms with Crippen molar-refractivity contribution in [1.82, 2.24) is 5.32 Å². The number of methoxy groups -OCH3 is 1. The molecule has 1 fully saturated rings. The number of ether oxygens (including phenoxy) is 1. The molecule has 1 aliphatic rings. The summed E-state index contributed by atoms with van der Waals surface area (Å²) >= 11 is 0. The third-order valence-electron chi connectivity index (χ3n) is 2.97. The predicted molar refractivity (Wildman–Crippen MR) is 57.6 cm³/mol. The van der Waals surface area contributed by atoms with Gasteiger partial charge in [0.05, 0.1) is 7.11 Å². The molecular formula is C12H15F2NO. The van der Waals surface area contributed by atoms with E-state index in [4.69, 9.17) is 4.74 Å². The normalized spacial score (nSPS) is 20.1. The van der Waals surface area contributed by atoms with Gasteiger partial charge in [-0.25, -0.2) is 8.78 Å². The van der Waals surface area contributed by atoms with Gasteiger partial charge in [-0.2, -0.15) is 0 Å². The smallest absolute Gasteiger partial charge is 0.165 e. The molecule has 2 nitrogen and oxygen atoms in total. The van der Waals surface area contributed by atoms with Crippen molar-refractivity contribution in [2.75, 3.05) is 13.7 Å². The Bertz CT molecular complexity index is 376. The molecule has 1 aromatic rings. The van der Waals surface area contributed by atoms with Crippen LogP contribution in [-0.2, 0) is 6.42 Å². The topological polar surface area (TPSA) is 21.3 Å². The zero-order valence-electron chi connectivity index (χ0n) is 9.22. The van der Waals surface area contributed by atoms with E-state index in [0.717, 1.165) is 31.5 Å². The highest BCUT2D eigenvalue weighted by molar-refractivity contribution is 5.37. The molecule has 0 bridgehead atoms. The van der Waals surface area contributed by atoms with Crippen LogP contribution in [0.25, 0.3) is 0 Å². The minimum atomic E-state index is -0.503. The van der Waals surface area contributed by atoms with Crippen molar-refractivity contribution in [3.8, 4) is 5.75 Å². The maximum Gasteiger partial charge on any atom is 0.165 e. The van der Waals surface area contributed by atoms with Crippen LogP contribution in [-0.4, -0.2) is 19.7 Å². The van der Waals surface area contributed by atoms with Crippen molar-refractivity contribution in [2.24, 2.45) is 0 Å². The second kappa shape index (κ2) is 4.78. The zero-order valence-corrected chi connectivity index (χ0v) is 9.22. The van der Waals surface area contributed by atoms with Gasteiger partial charge in [0.1, 0.15) is 5.82 Å². The van der Waals surface area contributed by atoms with Crippen molar-refractivity contribution in [2.45, 2.75) is 25.3 Å². The van der Waals surface area contributed by atoms with Gasteiger partial charge in [0.2, 0.25) is 0 Å². The van der Waals surface area contributed by atoms with E-state index in [1.807, 2.05) is 0 Å². The first-order valence-corrected chi connectivity index (χ1v) is 5.46. The van der Waals surface area contributed by atoms with E-state index in [0.29, 0.717) is 12.0 Å². The molecule has 0 aromatic heterocycles. The SMILES string of the molecule is COc1c(F)ccc(F)c1CC1CCCN1. The minimum Gasteiger partial charge on any atom is -0.493 e. The Morgan fingerprint density at radius 3 is 2.75 bits per heavy atom. The highest BCUT2D eigenvalue weighted by Crippen LogP contribution is 2.27. The van der Waals surface area contributed by atoms with Gasteiger partial charge < -0.3 is 10.1 Å². The van der Waals surface area contributed by atoms with Crippen LogP contribution in [0.1, 0.15) is 18.4 Å². The van der Waals surface area contributed by atoms with Crippen molar-refractivity contribution in [1.29, 1.82) is 0 Å². The minimum absolute atomic E-state index is 0.0358. The molecule has 0 amide bonds. The summed E-state index contributed by atoms with van der Waals surface area (Å²) < 4.78 is 31.9. The molecule has 4 heteroatoms. The highest BCUT2D eigenvalue weighted by Gasteiger charge is 2.21. The van der Waals surface area contributed by atoms with E-state index >= 15 is 0 Å². The lowest BCUT2D eigenvalue weighted by Gasteiger charge is -2.14. The number of benzene rings is 1. The molecule has 16 heavy (non-hydrogen) atoms. The first kappa shape index (κ1) is 11.3. The Kier molecular flexibility index (Phi) is 3.39. The van der Waals surface area contributed by atoms with E-state index in [2.05, 4.69) is 5.32 Å². The number of hydrogen-bond acceptors (Lipinski definition) is 2. The number of nitrogens with one attached hydrogen (secondary N) is 1. The fourth-order valence-electron chi connectivity index (χ4n) is 2.16. The van der Waals surface area contributed by atoms with Gasteiger partial charge in [0.25, 0.3) is 0 Å². The monoisotopic (exact) mass is 227 g/mol. The fourth-order valence-corrected chi connectivity index (χ4v) is 2.16. The van der Waals surface area contributed by atoms with Crippen LogP contribution in [0.5, 0.6) is 5.75 Å². The molecule has 88 valence electrons. The van der Waals surface area contributed by atoms with E-state index in [1.165, 1.54) is 7.11 Å². The Hall–Kier alpha value is -1.16. The third kappa shape index (κ3) is 2.16. The van der Waals surface area contributed by atoms with Gasteiger partial charge in [0.15, 0.2) is 11.6 Å². The van der Waals surface area contributed by atoms with Crippen LogP contribution in [0, 0.1) is 11.6 Å². The van der Waals surface area contributed by atoms with Crippen LogP contribution in [0.3, 0.4) is 0 Å². The molecule has 0 spiro atoms. The van der Waals surface area contributed by atoms with Gasteiger partial charge in [-0.05, 0) is 37.9 Å². The largest absolute Gasteiger partial charge is 0.493 e. The first-order valence-electron chi connectivity index (χ1n) is 5.46. The van der Waals surface area contributed by atoms with Gasteiger partial charge >= 0.3 is 0 Å². The number of rotatable bonds is 3. The van der Waals surface area contributed by atoms with Crippen molar-refractivity contribution < 1.29 is 13.5 Å². The van der Waals surface area contributed by atoms with Crippen LogP contribution >= 0.6 is 0 Å². The molecule has 1 saturated heterocycles. The molecular weight excluding hydrogens is 212 g/mol. The zero-order chi connectivity index (χ0) is 11.5. The summed E-state index contributed by atoms with van der Waals surface area (Å²) in [6.07, 6.45) is 2.57. The lowest BCUT2D eigenvalue weighted by molar-refractivity contribution is 0.373. The Balaban J connectivity index is 2.26. The average Bonchev–Trinajstić information content (AvgIpc) is 2.77. The summed E-state index contributed by atoms with van der Waals surface area (Å²) in [7, 11) is 1.36. The summed E-state index contributed by atoms with van der Waals surface area (Å²) in [6, 6.07) is 2.48. The Labute approximate surface area is 93.6 Å². The summed E-state index contributed by atoms with van der Waals surface area (Å²) in [4.78, 5) is 0. The van der Waals surface area contributed by atoms with Gasteiger partial charge in [-0.15, -0.1) is 0 Å². The molecule has 1 aromatic carbocycles. The van der Waals surface area contributed by atoms with Crippen molar-refractivity contribution in [3.05, 3.63) is 29.3 Å². The Morgan fingerprint density at radius 2 is 2.12 bits per heavy atom. The van der Waals surface area contributed by atoms with E-state index < -0.39 is 11.6 Å². The van der Waals surface area contributed by atoms with E-state index in [-0.39, 0.29) is 11.8 Å². The second-order valence-corrected chi connectivity index (χ2v) is 4.04. The maximum atomic E-state index is 13.6. The van der Waals surface area contributed by atoms with Crippen LogP contribution < -0.4 is 10.1 Å². The van der Waals surface area contributed by atoms with E-state index in [9.17, 15) is 8.78 Å². The van der Waals surface area contributed by atoms with E-state index in [1.54, 1.807) is 0 Å². The summed E-state index contributed by atoms with van der Waals surface area (Å²) in [5.41, 5.74) is 0.335. The lowest BCUT2D eigenvalue weighted by Crippen LogP contribution is -2.24. The Morgan fingerprint density at radius 1 is 1.38 bits per heavy atom. The molecule has 0 saturated carbocycles. The van der Waals surface area contributed by atoms with Gasteiger partial charge in [0, 0.05) is 11.6 Å². The van der Waals surface area contributed by atoms with Crippen LogP contribution in [0.4, 0.5) is 8.78 Å². The summed E-state index contributed by atoms with van der Waals surface area (Å²) in [5, 5.41) is 3.26. The van der Waals surface area contributed by atoms with Gasteiger partial charge in [-0.1, -0.05) is 0 Å². The lowest BCUT2D eigenvalue weighted by atomic mass is 10.0. The molecule has 1 heterocycles. The maximum absolute atomic E-state index is 13.6. The average molecular weight is 227 g/mol. The van der Waals surface area contributed by atoms with Crippen LogP contribution in [0.2, 0.25) is 0 Å². The summed E-state index contributed by atoms with van der Waals surface area (Å²) in [6.45, 7) is 0.948. The predicted octanol–water partition coefficient (Wildman–Crippen LogP) is 2.27. The fraction of sp³-hybridized carbons (Fsp3) is 0.500. The molecule has 2 rings (SSSR count). The molecule has 1 aliphatic heterocycles. The van der Waals surface area contributed by atoms with Gasteiger partial charge in [-0.3, -0.25) is 0 Å². The van der Waals surface area contributed by atoms with Crippen LogP contribution in [0.15, 0.2) is 12.1 Å². The molecule has 1 N–H and O–H groups in total. The molecule has 0 radical (unpaired) electrons. The van der Waals surface area contributed by atoms with Crippen molar-refractivity contribution >= 4 is 0 Å². The number of hydrogen-bond donors (Lipinski definition) is 1. The molecule has 1 atom stereocenters. The highest BCUT2D eigenvalue weighted by atomic mass is 19.1. The number of halogens is 2. The quantitative estimate of drug-likeness (QED) is 0.855. The third-order valence-corrected chi connectivity index (χ3v) is 2.97. The molecule has 1 unspecified atom stereocenters. The van der Waals surface area contributed by atoms with Crippen molar-refractivity contribution in [3.63, 3.8) is 0 Å². The second-order valence-electron chi connectivity index (χ2n) is 4.04. The standard InChI is InChI=1S/C12H15F2NO/c1-16-12-9(7-8-3-2-6-15-8)10(13)4-5-11(12)14/h4-5,8,15H,2-3,6-7H2,1H3. The summed E-state index contributed by atoms with van der Waals surface area (Å²) in [5.74, 6) is -0.863.